The molecule has 19 heavy (non-hydrogen) atoms. The molecule has 1 saturated carbocycles. The van der Waals surface area contributed by atoms with Gasteiger partial charge in [0.05, 0.1) is 0 Å². The van der Waals surface area contributed by atoms with Crippen molar-refractivity contribution in [1.82, 2.24) is 9.55 Å². The molecule has 0 amide bonds. The minimum Gasteiger partial charge on any atom is -0.364 e. The van der Waals surface area contributed by atoms with E-state index in [1.54, 1.807) is 11.5 Å². The lowest BCUT2D eigenvalue weighted by atomic mass is 9.83. The number of anilines is 1. The van der Waals surface area contributed by atoms with Crippen LogP contribution in [0.3, 0.4) is 0 Å². The van der Waals surface area contributed by atoms with Crippen molar-refractivity contribution in [3.05, 3.63) is 15.9 Å². The Labute approximate surface area is 113 Å². The Bertz CT molecular complexity index is 475. The second-order valence-corrected chi connectivity index (χ2v) is 5.56. The van der Waals surface area contributed by atoms with E-state index in [9.17, 15) is 10.1 Å². The highest BCUT2D eigenvalue weighted by molar-refractivity contribution is 5.53. The SMILES string of the molecule is CCC1(CNc2c([N+](=O)[O-])nc(C)n2C)CCCC1. The van der Waals surface area contributed by atoms with E-state index in [0.717, 1.165) is 13.0 Å². The number of nitro groups is 1. The highest BCUT2D eigenvalue weighted by Gasteiger charge is 2.33. The first-order chi connectivity index (χ1) is 8.99. The molecule has 106 valence electrons. The van der Waals surface area contributed by atoms with Gasteiger partial charge in [0, 0.05) is 20.5 Å². The molecule has 0 aromatic carbocycles. The monoisotopic (exact) mass is 266 g/mol. The van der Waals surface area contributed by atoms with Gasteiger partial charge in [0.2, 0.25) is 11.6 Å². The van der Waals surface area contributed by atoms with Crippen molar-refractivity contribution in [3.63, 3.8) is 0 Å². The van der Waals surface area contributed by atoms with Crippen molar-refractivity contribution in [2.75, 3.05) is 11.9 Å². The number of aryl methyl sites for hydroxylation is 1. The summed E-state index contributed by atoms with van der Waals surface area (Å²) in [4.78, 5) is 14.6. The van der Waals surface area contributed by atoms with Gasteiger partial charge >= 0.3 is 5.82 Å². The van der Waals surface area contributed by atoms with E-state index in [-0.39, 0.29) is 5.82 Å². The molecule has 0 atom stereocenters. The Morgan fingerprint density at radius 2 is 2.11 bits per heavy atom. The molecule has 1 N–H and O–H groups in total. The maximum atomic E-state index is 11.0. The second-order valence-electron chi connectivity index (χ2n) is 5.56. The van der Waals surface area contributed by atoms with E-state index in [0.29, 0.717) is 17.1 Å². The van der Waals surface area contributed by atoms with Gasteiger partial charge in [0.1, 0.15) is 0 Å². The lowest BCUT2D eigenvalue weighted by molar-refractivity contribution is -0.388. The molecule has 0 bridgehead atoms. The third-order valence-electron chi connectivity index (χ3n) is 4.52. The van der Waals surface area contributed by atoms with Crippen LogP contribution in [-0.4, -0.2) is 21.0 Å². The fraction of sp³-hybridized carbons (Fsp3) is 0.769. The van der Waals surface area contributed by atoms with Crippen LogP contribution in [0.25, 0.3) is 0 Å². The van der Waals surface area contributed by atoms with Gasteiger partial charge in [-0.3, -0.25) is 4.57 Å². The van der Waals surface area contributed by atoms with Gasteiger partial charge in [-0.05, 0) is 34.6 Å². The zero-order chi connectivity index (χ0) is 14.0. The molecule has 0 radical (unpaired) electrons. The van der Waals surface area contributed by atoms with Crippen LogP contribution in [-0.2, 0) is 7.05 Å². The molecule has 1 aliphatic carbocycles. The second kappa shape index (κ2) is 5.19. The highest BCUT2D eigenvalue weighted by atomic mass is 16.6. The molecule has 1 aromatic rings. The third kappa shape index (κ3) is 2.57. The molecular formula is C13H22N4O2. The average Bonchev–Trinajstić information content (AvgIpc) is 2.95. The van der Waals surface area contributed by atoms with Crippen molar-refractivity contribution >= 4 is 11.6 Å². The molecule has 6 nitrogen and oxygen atoms in total. The van der Waals surface area contributed by atoms with Crippen molar-refractivity contribution in [1.29, 1.82) is 0 Å². The zero-order valence-corrected chi connectivity index (χ0v) is 11.9. The predicted molar refractivity (Wildman–Crippen MR) is 74.3 cm³/mol. The fourth-order valence-corrected chi connectivity index (χ4v) is 2.97. The first-order valence-electron chi connectivity index (χ1n) is 6.91. The van der Waals surface area contributed by atoms with Gasteiger partial charge < -0.3 is 15.4 Å². The number of rotatable bonds is 5. The summed E-state index contributed by atoms with van der Waals surface area (Å²) in [6.45, 7) is 4.78. The standard InChI is InChI=1S/C13H22N4O2/c1-4-13(7-5-6-8-13)9-14-11-12(17(18)19)15-10(2)16(11)3/h14H,4-9H2,1-3H3. The first kappa shape index (κ1) is 13.8. The molecule has 0 aliphatic heterocycles. The van der Waals surface area contributed by atoms with Gasteiger partial charge in [0.25, 0.3) is 0 Å². The summed E-state index contributed by atoms with van der Waals surface area (Å²) in [5.41, 5.74) is 0.298. The maximum absolute atomic E-state index is 11.0. The number of nitrogens with one attached hydrogen (secondary N) is 1. The highest BCUT2D eigenvalue weighted by Crippen LogP contribution is 2.41. The number of nitrogens with zero attached hydrogens (tertiary/aromatic N) is 3. The summed E-state index contributed by atoms with van der Waals surface area (Å²) >= 11 is 0. The van der Waals surface area contributed by atoms with Crippen LogP contribution in [0.15, 0.2) is 0 Å². The summed E-state index contributed by atoms with van der Waals surface area (Å²) in [6, 6.07) is 0. The Kier molecular flexibility index (Phi) is 3.78. The van der Waals surface area contributed by atoms with E-state index >= 15 is 0 Å². The van der Waals surface area contributed by atoms with Gasteiger partial charge in [-0.15, -0.1) is 0 Å². The third-order valence-corrected chi connectivity index (χ3v) is 4.52. The van der Waals surface area contributed by atoms with Crippen LogP contribution in [0.2, 0.25) is 0 Å². The smallest absolute Gasteiger partial charge is 0.364 e. The van der Waals surface area contributed by atoms with Crippen molar-refractivity contribution in [2.24, 2.45) is 12.5 Å². The van der Waals surface area contributed by atoms with Gasteiger partial charge in [0.15, 0.2) is 0 Å². The van der Waals surface area contributed by atoms with Gasteiger partial charge in [-0.2, -0.15) is 0 Å². The number of hydrogen-bond donors (Lipinski definition) is 1. The van der Waals surface area contributed by atoms with Crippen molar-refractivity contribution in [3.8, 4) is 0 Å². The normalized spacial score (nSPS) is 17.6. The van der Waals surface area contributed by atoms with E-state index in [1.165, 1.54) is 25.7 Å². The zero-order valence-electron chi connectivity index (χ0n) is 11.9. The summed E-state index contributed by atoms with van der Waals surface area (Å²) in [6.07, 6.45) is 6.07. The summed E-state index contributed by atoms with van der Waals surface area (Å²) < 4.78 is 1.76. The molecule has 2 rings (SSSR count). The summed E-state index contributed by atoms with van der Waals surface area (Å²) in [7, 11) is 1.81. The molecule has 1 heterocycles. The molecule has 1 aliphatic rings. The number of aromatic nitrogens is 2. The Hall–Kier alpha value is -1.59. The summed E-state index contributed by atoms with van der Waals surface area (Å²) in [5.74, 6) is 1.12. The minimum absolute atomic E-state index is 0.0655. The van der Waals surface area contributed by atoms with Crippen LogP contribution in [0, 0.1) is 22.5 Å². The number of imidazole rings is 1. The van der Waals surface area contributed by atoms with E-state index in [4.69, 9.17) is 0 Å². The molecule has 1 fully saturated rings. The quantitative estimate of drug-likeness (QED) is 0.656. The minimum atomic E-state index is -0.414. The molecule has 6 heteroatoms. The summed E-state index contributed by atoms with van der Waals surface area (Å²) in [5, 5.41) is 14.3. The van der Waals surface area contributed by atoms with E-state index in [1.807, 2.05) is 7.05 Å². The van der Waals surface area contributed by atoms with Crippen molar-refractivity contribution < 1.29 is 4.92 Å². The average molecular weight is 266 g/mol. The molecule has 0 unspecified atom stereocenters. The lowest BCUT2D eigenvalue weighted by Crippen LogP contribution is -2.26. The predicted octanol–water partition coefficient (Wildman–Crippen LogP) is 3.02. The van der Waals surface area contributed by atoms with Crippen LogP contribution >= 0.6 is 0 Å². The Morgan fingerprint density at radius 1 is 1.47 bits per heavy atom. The first-order valence-corrected chi connectivity index (χ1v) is 6.91. The molecular weight excluding hydrogens is 244 g/mol. The fourth-order valence-electron chi connectivity index (χ4n) is 2.97. The Balaban J connectivity index is 2.17. The van der Waals surface area contributed by atoms with Crippen LogP contribution in [0.1, 0.15) is 44.9 Å². The Morgan fingerprint density at radius 3 is 2.63 bits per heavy atom. The number of hydrogen-bond acceptors (Lipinski definition) is 4. The van der Waals surface area contributed by atoms with Crippen LogP contribution < -0.4 is 5.32 Å². The van der Waals surface area contributed by atoms with E-state index in [2.05, 4.69) is 17.2 Å². The van der Waals surface area contributed by atoms with Gasteiger partial charge in [-0.1, -0.05) is 19.8 Å². The maximum Gasteiger partial charge on any atom is 0.406 e. The molecule has 0 spiro atoms. The van der Waals surface area contributed by atoms with E-state index < -0.39 is 4.92 Å². The lowest BCUT2D eigenvalue weighted by Gasteiger charge is -2.27. The largest absolute Gasteiger partial charge is 0.406 e. The van der Waals surface area contributed by atoms with Crippen LogP contribution in [0.5, 0.6) is 0 Å². The topological polar surface area (TPSA) is 73.0 Å². The van der Waals surface area contributed by atoms with Gasteiger partial charge in [-0.25, -0.2) is 0 Å². The molecule has 1 aromatic heterocycles. The van der Waals surface area contributed by atoms with Crippen molar-refractivity contribution in [2.45, 2.75) is 46.0 Å². The molecule has 0 saturated heterocycles. The van der Waals surface area contributed by atoms with Crippen LogP contribution in [0.4, 0.5) is 11.6 Å².